The Morgan fingerprint density at radius 1 is 0.264 bits per heavy atom. The summed E-state index contributed by atoms with van der Waals surface area (Å²) in [5, 5.41) is 10.7. The molecule has 0 aromatic heterocycles. The maximum Gasteiger partial charge on any atom is 0.472 e. The molecule has 19 heteroatoms. The summed E-state index contributed by atoms with van der Waals surface area (Å²) in [6.07, 6.45) is 74.2. The fourth-order valence-electron chi connectivity index (χ4n) is 14.2. The Labute approximate surface area is 677 Å². The van der Waals surface area contributed by atoms with Crippen LogP contribution in [-0.4, -0.2) is 96.7 Å². The molecule has 3 N–H and O–H groups in total. The second-order valence-electron chi connectivity index (χ2n) is 33.7. The largest absolute Gasteiger partial charge is 0.472 e. The van der Waals surface area contributed by atoms with Gasteiger partial charge in [0.1, 0.15) is 19.3 Å². The molecule has 0 radical (unpaired) electrons. The quantitative estimate of drug-likeness (QED) is 0.0222. The molecular formula is C91H178O17P2. The van der Waals surface area contributed by atoms with Gasteiger partial charge in [0.2, 0.25) is 0 Å². The van der Waals surface area contributed by atoms with Crippen LogP contribution >= 0.6 is 15.6 Å². The van der Waals surface area contributed by atoms with E-state index in [0.29, 0.717) is 25.7 Å². The Balaban J connectivity index is 5.08. The van der Waals surface area contributed by atoms with Gasteiger partial charge in [-0.1, -0.05) is 434 Å². The maximum absolute atomic E-state index is 13.2. The molecule has 0 amide bonds. The average molecular weight is 1610 g/mol. The van der Waals surface area contributed by atoms with E-state index in [9.17, 15) is 43.2 Å². The summed E-state index contributed by atoms with van der Waals surface area (Å²) in [4.78, 5) is 73.0. The fraction of sp³-hybridized carbons (Fsp3) is 0.956. The number of rotatable bonds is 89. The molecule has 110 heavy (non-hydrogen) atoms. The van der Waals surface area contributed by atoms with Crippen molar-refractivity contribution in [3.63, 3.8) is 0 Å². The fourth-order valence-corrected chi connectivity index (χ4v) is 15.8. The molecule has 0 spiro atoms. The summed E-state index contributed by atoms with van der Waals surface area (Å²) in [5.41, 5.74) is 0. The van der Waals surface area contributed by atoms with Crippen molar-refractivity contribution in [2.75, 3.05) is 39.6 Å². The van der Waals surface area contributed by atoms with Crippen LogP contribution in [0.3, 0.4) is 0 Å². The van der Waals surface area contributed by atoms with Gasteiger partial charge in [0.25, 0.3) is 0 Å². The number of aliphatic hydroxyl groups is 1. The molecule has 0 bridgehead atoms. The third-order valence-electron chi connectivity index (χ3n) is 22.1. The van der Waals surface area contributed by atoms with Gasteiger partial charge in [-0.2, -0.15) is 0 Å². The van der Waals surface area contributed by atoms with Crippen LogP contribution in [0.4, 0.5) is 0 Å². The molecule has 7 atom stereocenters. The minimum absolute atomic E-state index is 0.107. The molecule has 0 fully saturated rings. The number of carbonyl (C=O) groups excluding carboxylic acids is 4. The molecule has 0 aliphatic heterocycles. The van der Waals surface area contributed by atoms with E-state index in [2.05, 4.69) is 48.5 Å². The predicted molar refractivity (Wildman–Crippen MR) is 455 cm³/mol. The maximum atomic E-state index is 13.2. The molecule has 4 unspecified atom stereocenters. The number of aliphatic hydroxyl groups excluding tert-OH is 1. The molecule has 654 valence electrons. The molecule has 0 heterocycles. The summed E-state index contributed by atoms with van der Waals surface area (Å²) >= 11 is 0. The van der Waals surface area contributed by atoms with Gasteiger partial charge in [0, 0.05) is 25.7 Å². The van der Waals surface area contributed by atoms with Gasteiger partial charge in [0.15, 0.2) is 12.2 Å². The molecule has 0 aromatic rings. The van der Waals surface area contributed by atoms with Crippen molar-refractivity contribution in [3.8, 4) is 0 Å². The van der Waals surface area contributed by atoms with Crippen molar-refractivity contribution in [1.82, 2.24) is 0 Å². The van der Waals surface area contributed by atoms with Gasteiger partial charge in [-0.15, -0.1) is 0 Å². The lowest BCUT2D eigenvalue weighted by molar-refractivity contribution is -0.161. The average Bonchev–Trinajstić information content (AvgIpc) is 0.895. The lowest BCUT2D eigenvalue weighted by Gasteiger charge is -2.21. The number of unbranched alkanes of at least 4 members (excludes halogenated alkanes) is 55. The number of phosphoric acid groups is 2. The first-order chi connectivity index (χ1) is 53.3. The van der Waals surface area contributed by atoms with E-state index in [1.54, 1.807) is 0 Å². The summed E-state index contributed by atoms with van der Waals surface area (Å²) in [6, 6.07) is 0. The van der Waals surface area contributed by atoms with Crippen LogP contribution in [0.2, 0.25) is 0 Å². The van der Waals surface area contributed by atoms with Crippen LogP contribution < -0.4 is 0 Å². The molecule has 0 aliphatic rings. The molecule has 0 saturated heterocycles. The predicted octanol–water partition coefficient (Wildman–Crippen LogP) is 28.0. The van der Waals surface area contributed by atoms with Crippen LogP contribution in [-0.2, 0) is 65.4 Å². The lowest BCUT2D eigenvalue weighted by Crippen LogP contribution is -2.30. The molecular weight excluding hydrogens is 1430 g/mol. The first-order valence-electron chi connectivity index (χ1n) is 46.9. The van der Waals surface area contributed by atoms with Gasteiger partial charge in [0.05, 0.1) is 26.4 Å². The zero-order chi connectivity index (χ0) is 80.8. The van der Waals surface area contributed by atoms with E-state index >= 15 is 0 Å². The van der Waals surface area contributed by atoms with Crippen LogP contribution in [0, 0.1) is 17.8 Å². The van der Waals surface area contributed by atoms with E-state index in [4.69, 9.17) is 37.0 Å². The highest BCUT2D eigenvalue weighted by molar-refractivity contribution is 7.47. The minimum Gasteiger partial charge on any atom is -0.462 e. The first-order valence-corrected chi connectivity index (χ1v) is 49.9. The monoisotopic (exact) mass is 1610 g/mol. The van der Waals surface area contributed by atoms with Gasteiger partial charge in [-0.25, -0.2) is 9.13 Å². The highest BCUT2D eigenvalue weighted by Gasteiger charge is 2.31. The van der Waals surface area contributed by atoms with E-state index in [-0.39, 0.29) is 25.7 Å². The number of esters is 4. The Hall–Kier alpha value is -1.94. The molecule has 0 aliphatic carbocycles. The van der Waals surface area contributed by atoms with E-state index in [1.165, 1.54) is 289 Å². The van der Waals surface area contributed by atoms with Gasteiger partial charge in [-0.3, -0.25) is 37.3 Å². The SMILES string of the molecule is CCCCCCCC(=O)OC[C@H](COP(=O)(O)OC[C@H](O)COP(=O)(O)OC[C@@H](COC(=O)CCCCCCCCCCCCCCCCCCCCC(C)CC)OC(=O)CCCCCCCCCCCCCCCCCCCCC(C)CC)OC(=O)CCCCCCCCCCCCCCCCCCCCC(C)C. The highest BCUT2D eigenvalue weighted by atomic mass is 31.2. The van der Waals surface area contributed by atoms with Crippen molar-refractivity contribution < 1.29 is 80.2 Å². The number of hydrogen-bond donors (Lipinski definition) is 3. The number of phosphoric ester groups is 2. The number of hydrogen-bond acceptors (Lipinski definition) is 15. The Bertz CT molecular complexity index is 2120. The normalized spacial score (nSPS) is 14.3. The van der Waals surface area contributed by atoms with Gasteiger partial charge >= 0.3 is 39.5 Å². The van der Waals surface area contributed by atoms with Crippen LogP contribution in [0.25, 0.3) is 0 Å². The summed E-state index contributed by atoms with van der Waals surface area (Å²) in [7, 11) is -9.92. The molecule has 17 nitrogen and oxygen atoms in total. The summed E-state index contributed by atoms with van der Waals surface area (Å²) in [5.74, 6) is 0.454. The van der Waals surface area contributed by atoms with Gasteiger partial charge in [-0.05, 0) is 43.4 Å². The van der Waals surface area contributed by atoms with Crippen molar-refractivity contribution >= 4 is 39.5 Å². The van der Waals surface area contributed by atoms with Gasteiger partial charge < -0.3 is 33.8 Å². The van der Waals surface area contributed by atoms with Crippen LogP contribution in [0.1, 0.15) is 485 Å². The Morgan fingerprint density at radius 3 is 0.691 bits per heavy atom. The van der Waals surface area contributed by atoms with Crippen molar-refractivity contribution in [2.45, 2.75) is 503 Å². The first kappa shape index (κ1) is 108. The van der Waals surface area contributed by atoms with E-state index in [0.717, 1.165) is 114 Å². The van der Waals surface area contributed by atoms with Crippen molar-refractivity contribution in [1.29, 1.82) is 0 Å². The summed E-state index contributed by atoms with van der Waals surface area (Å²) < 4.78 is 68.8. The molecule has 0 rings (SSSR count). The van der Waals surface area contributed by atoms with Crippen LogP contribution in [0.15, 0.2) is 0 Å². The van der Waals surface area contributed by atoms with E-state index in [1.807, 2.05) is 0 Å². The lowest BCUT2D eigenvalue weighted by atomic mass is 9.99. The Kier molecular flexibility index (Phi) is 79.4. The second kappa shape index (κ2) is 80.8. The smallest absolute Gasteiger partial charge is 0.462 e. The third-order valence-corrected chi connectivity index (χ3v) is 24.0. The topological polar surface area (TPSA) is 237 Å². The number of ether oxygens (including phenoxy) is 4. The standard InChI is InChI=1S/C91H178O17P2/c1-8-11-12-55-65-72-88(93)101-78-86(107-90(95)74-67-60-53-47-41-35-29-23-16-13-19-25-31-37-43-49-56-62-69-82(4)5)80-105-109(97,98)103-76-85(92)77-104-110(99,100)106-81-87(108-91(96)75-68-61-54-48-42-36-30-24-18-15-21-27-33-39-45-51-58-64-71-84(7)10-3)79-102-89(94)73-66-59-52-46-40-34-28-22-17-14-20-26-32-38-44-50-57-63-70-83(6)9-2/h82-87,92H,8-81H2,1-7H3,(H,97,98)(H,99,100)/t83?,84?,85-,86+,87+/m0/s1. The highest BCUT2D eigenvalue weighted by Crippen LogP contribution is 2.45. The third kappa shape index (κ3) is 81.2. The van der Waals surface area contributed by atoms with Crippen molar-refractivity contribution in [2.24, 2.45) is 17.8 Å². The second-order valence-corrected chi connectivity index (χ2v) is 36.6. The zero-order valence-electron chi connectivity index (χ0n) is 72.7. The molecule has 0 saturated carbocycles. The van der Waals surface area contributed by atoms with Crippen molar-refractivity contribution in [3.05, 3.63) is 0 Å². The minimum atomic E-state index is -4.97. The molecule has 0 aromatic carbocycles. The van der Waals surface area contributed by atoms with Crippen LogP contribution in [0.5, 0.6) is 0 Å². The number of carbonyl (C=O) groups is 4. The Morgan fingerprint density at radius 2 is 0.464 bits per heavy atom. The summed E-state index contributed by atoms with van der Waals surface area (Å²) in [6.45, 7) is 12.1. The zero-order valence-corrected chi connectivity index (χ0v) is 74.5. The van der Waals surface area contributed by atoms with E-state index < -0.39 is 97.5 Å².